The van der Waals surface area contributed by atoms with Crippen molar-refractivity contribution in [2.45, 2.75) is 25.2 Å². The van der Waals surface area contributed by atoms with Crippen LogP contribution in [0.4, 0.5) is 5.69 Å². The van der Waals surface area contributed by atoms with Crippen molar-refractivity contribution in [3.8, 4) is 11.5 Å². The highest BCUT2D eigenvalue weighted by Gasteiger charge is 2.24. The number of rotatable bonds is 5. The normalized spacial score (nSPS) is 15.3. The third-order valence-electron chi connectivity index (χ3n) is 4.69. The van der Waals surface area contributed by atoms with Crippen LogP contribution >= 0.6 is 0 Å². The maximum Gasteiger partial charge on any atom is 0.224 e. The molecular formula is C22H20N2O2. The molecule has 0 saturated carbocycles. The van der Waals surface area contributed by atoms with Crippen molar-refractivity contribution in [3.05, 3.63) is 84.2 Å². The summed E-state index contributed by atoms with van der Waals surface area (Å²) >= 11 is 0. The van der Waals surface area contributed by atoms with Gasteiger partial charge in [0.05, 0.1) is 0 Å². The van der Waals surface area contributed by atoms with E-state index in [9.17, 15) is 4.79 Å². The lowest BCUT2D eigenvalue weighted by molar-refractivity contribution is -0.116. The molecule has 4 rings (SSSR count). The molecule has 26 heavy (non-hydrogen) atoms. The predicted molar refractivity (Wildman–Crippen MR) is 102 cm³/mol. The lowest BCUT2D eigenvalue weighted by Crippen LogP contribution is -2.14. The van der Waals surface area contributed by atoms with E-state index in [1.165, 1.54) is 11.1 Å². The number of ether oxygens (including phenoxy) is 1. The number of aromatic nitrogens is 1. The van der Waals surface area contributed by atoms with Gasteiger partial charge in [-0.15, -0.1) is 0 Å². The lowest BCUT2D eigenvalue weighted by atomic mass is 9.97. The molecule has 0 radical (unpaired) electrons. The van der Waals surface area contributed by atoms with E-state index in [4.69, 9.17) is 4.74 Å². The molecule has 0 bridgehead atoms. The summed E-state index contributed by atoms with van der Waals surface area (Å²) in [4.78, 5) is 16.5. The van der Waals surface area contributed by atoms with Crippen LogP contribution in [0, 0.1) is 0 Å². The number of pyridine rings is 1. The van der Waals surface area contributed by atoms with Crippen LogP contribution in [0.25, 0.3) is 0 Å². The first-order valence-corrected chi connectivity index (χ1v) is 8.83. The molecule has 0 fully saturated rings. The van der Waals surface area contributed by atoms with Gasteiger partial charge >= 0.3 is 0 Å². The van der Waals surface area contributed by atoms with E-state index < -0.39 is 0 Å². The van der Waals surface area contributed by atoms with Gasteiger partial charge < -0.3 is 10.1 Å². The summed E-state index contributed by atoms with van der Waals surface area (Å²) in [7, 11) is 0. The molecule has 2 aromatic carbocycles. The van der Waals surface area contributed by atoms with Crippen molar-refractivity contribution in [1.29, 1.82) is 0 Å². The fraction of sp³-hybridized carbons (Fsp3) is 0.182. The van der Waals surface area contributed by atoms with E-state index in [2.05, 4.69) is 34.6 Å². The van der Waals surface area contributed by atoms with Gasteiger partial charge in [-0.05, 0) is 54.2 Å². The van der Waals surface area contributed by atoms with Gasteiger partial charge in [0.2, 0.25) is 5.91 Å². The maximum absolute atomic E-state index is 12.5. The minimum atomic E-state index is 0.0350. The number of nitrogens with one attached hydrogen (secondary N) is 1. The van der Waals surface area contributed by atoms with E-state index in [-0.39, 0.29) is 5.91 Å². The van der Waals surface area contributed by atoms with Crippen LogP contribution in [0.2, 0.25) is 0 Å². The zero-order valence-corrected chi connectivity index (χ0v) is 14.4. The summed E-state index contributed by atoms with van der Waals surface area (Å²) in [6.07, 6.45) is 5.97. The smallest absolute Gasteiger partial charge is 0.224 e. The third-order valence-corrected chi connectivity index (χ3v) is 4.69. The summed E-state index contributed by atoms with van der Waals surface area (Å²) < 4.78 is 5.79. The quantitative estimate of drug-likeness (QED) is 0.714. The number of hydrogen-bond donors (Lipinski definition) is 1. The minimum Gasteiger partial charge on any atom is -0.457 e. The Morgan fingerprint density at radius 2 is 1.88 bits per heavy atom. The Balaban J connectivity index is 1.40. The van der Waals surface area contributed by atoms with Crippen LogP contribution in [0.3, 0.4) is 0 Å². The molecule has 1 aromatic heterocycles. The second-order valence-electron chi connectivity index (χ2n) is 6.50. The van der Waals surface area contributed by atoms with E-state index >= 15 is 0 Å². The molecule has 0 spiro atoms. The standard InChI is InChI=1S/C22H20N2O2/c25-22(14-17-9-8-16-4-1-2-7-21(16)17)24-18-5-3-6-20(15-18)26-19-10-12-23-13-11-19/h1-7,10-13,15,17H,8-9,14H2,(H,24,25). The van der Waals surface area contributed by atoms with Crippen molar-refractivity contribution in [2.24, 2.45) is 0 Å². The highest BCUT2D eigenvalue weighted by Crippen LogP contribution is 2.35. The third kappa shape index (κ3) is 3.75. The largest absolute Gasteiger partial charge is 0.457 e. The number of aryl methyl sites for hydroxylation is 1. The second-order valence-corrected chi connectivity index (χ2v) is 6.50. The summed E-state index contributed by atoms with van der Waals surface area (Å²) in [5.74, 6) is 1.74. The van der Waals surface area contributed by atoms with E-state index in [0.717, 1.165) is 18.5 Å². The summed E-state index contributed by atoms with van der Waals surface area (Å²) in [5, 5.41) is 2.99. The number of fused-ring (bicyclic) bond motifs is 1. The van der Waals surface area contributed by atoms with Gasteiger partial charge in [-0.3, -0.25) is 9.78 Å². The van der Waals surface area contributed by atoms with Gasteiger partial charge in [-0.1, -0.05) is 30.3 Å². The molecule has 130 valence electrons. The second kappa shape index (κ2) is 7.40. The van der Waals surface area contributed by atoms with Crippen LogP contribution in [-0.4, -0.2) is 10.9 Å². The first-order chi connectivity index (χ1) is 12.8. The SMILES string of the molecule is O=C(CC1CCc2ccccc21)Nc1cccc(Oc2ccncc2)c1. The number of hydrogen-bond acceptors (Lipinski definition) is 3. The van der Waals surface area contributed by atoms with E-state index in [1.807, 2.05) is 24.3 Å². The maximum atomic E-state index is 12.5. The Hall–Kier alpha value is -3.14. The highest BCUT2D eigenvalue weighted by atomic mass is 16.5. The first kappa shape index (κ1) is 16.3. The van der Waals surface area contributed by atoms with Crippen LogP contribution in [0.5, 0.6) is 11.5 Å². The van der Waals surface area contributed by atoms with Gasteiger partial charge in [0, 0.05) is 30.6 Å². The van der Waals surface area contributed by atoms with Crippen molar-refractivity contribution in [3.63, 3.8) is 0 Å². The molecule has 1 atom stereocenters. The van der Waals surface area contributed by atoms with Crippen LogP contribution < -0.4 is 10.1 Å². The number of amides is 1. The molecule has 4 heteroatoms. The zero-order chi connectivity index (χ0) is 17.8. The molecule has 3 aromatic rings. The Kier molecular flexibility index (Phi) is 4.65. The number of carbonyl (C=O) groups is 1. The Labute approximate surface area is 152 Å². The fourth-order valence-corrected chi connectivity index (χ4v) is 3.47. The van der Waals surface area contributed by atoms with Crippen molar-refractivity contribution in [2.75, 3.05) is 5.32 Å². The number of carbonyl (C=O) groups excluding carboxylic acids is 1. The number of nitrogens with zero attached hydrogens (tertiary/aromatic N) is 1. The number of anilines is 1. The molecule has 1 heterocycles. The summed E-state index contributed by atoms with van der Waals surface area (Å²) in [5.41, 5.74) is 3.43. The number of benzene rings is 2. The molecule has 1 aliphatic rings. The molecule has 1 amide bonds. The topological polar surface area (TPSA) is 51.2 Å². The molecular weight excluding hydrogens is 324 g/mol. The zero-order valence-electron chi connectivity index (χ0n) is 14.4. The van der Waals surface area contributed by atoms with Crippen molar-refractivity contribution in [1.82, 2.24) is 4.98 Å². The molecule has 1 aliphatic carbocycles. The Bertz CT molecular complexity index is 909. The van der Waals surface area contributed by atoms with Crippen molar-refractivity contribution < 1.29 is 9.53 Å². The molecule has 0 saturated heterocycles. The Morgan fingerprint density at radius 3 is 2.77 bits per heavy atom. The van der Waals surface area contributed by atoms with Crippen molar-refractivity contribution >= 4 is 11.6 Å². The molecule has 1 N–H and O–H groups in total. The minimum absolute atomic E-state index is 0.0350. The van der Waals surface area contributed by atoms with Crippen LogP contribution in [0.1, 0.15) is 29.9 Å². The van der Waals surface area contributed by atoms with Crippen LogP contribution in [0.15, 0.2) is 73.1 Å². The predicted octanol–water partition coefficient (Wildman–Crippen LogP) is 4.93. The van der Waals surface area contributed by atoms with Gasteiger partial charge in [-0.25, -0.2) is 0 Å². The van der Waals surface area contributed by atoms with Gasteiger partial charge in [-0.2, -0.15) is 0 Å². The van der Waals surface area contributed by atoms with Gasteiger partial charge in [0.25, 0.3) is 0 Å². The molecule has 0 aliphatic heterocycles. The summed E-state index contributed by atoms with van der Waals surface area (Å²) in [6, 6.07) is 19.5. The fourth-order valence-electron chi connectivity index (χ4n) is 3.47. The highest BCUT2D eigenvalue weighted by molar-refractivity contribution is 5.91. The average Bonchev–Trinajstić information content (AvgIpc) is 3.06. The molecule has 1 unspecified atom stereocenters. The van der Waals surface area contributed by atoms with Gasteiger partial charge in [0.15, 0.2) is 0 Å². The lowest BCUT2D eigenvalue weighted by Gasteiger charge is -2.12. The van der Waals surface area contributed by atoms with E-state index in [0.29, 0.717) is 23.8 Å². The molecule has 4 nitrogen and oxygen atoms in total. The van der Waals surface area contributed by atoms with Gasteiger partial charge in [0.1, 0.15) is 11.5 Å². The van der Waals surface area contributed by atoms with Crippen LogP contribution in [-0.2, 0) is 11.2 Å². The first-order valence-electron chi connectivity index (χ1n) is 8.83. The van der Waals surface area contributed by atoms with E-state index in [1.54, 1.807) is 24.5 Å². The summed E-state index contributed by atoms with van der Waals surface area (Å²) in [6.45, 7) is 0. The monoisotopic (exact) mass is 344 g/mol. The average molecular weight is 344 g/mol. The Morgan fingerprint density at radius 1 is 1.04 bits per heavy atom.